The Balaban J connectivity index is 1.60. The summed E-state index contributed by atoms with van der Waals surface area (Å²) in [5.74, 6) is 0. The van der Waals surface area contributed by atoms with E-state index < -0.39 is 10.0 Å². The molecule has 0 saturated heterocycles. The molecule has 1 unspecified atom stereocenters. The first-order valence-electron chi connectivity index (χ1n) is 8.28. The lowest BCUT2D eigenvalue weighted by molar-refractivity contribution is 0.457. The van der Waals surface area contributed by atoms with Crippen LogP contribution in [0.15, 0.2) is 53.4 Å². The van der Waals surface area contributed by atoms with Gasteiger partial charge in [-0.05, 0) is 48.1 Å². The van der Waals surface area contributed by atoms with E-state index in [0.717, 1.165) is 31.4 Å². The minimum Gasteiger partial charge on any atom is -0.310 e. The molecule has 1 aliphatic carbocycles. The maximum Gasteiger partial charge on any atom is 0.242 e. The molecule has 1 aliphatic rings. The fourth-order valence-corrected chi connectivity index (χ4v) is 4.03. The summed E-state index contributed by atoms with van der Waals surface area (Å²) in [6.07, 6.45) is 3.32. The Labute approximate surface area is 144 Å². The van der Waals surface area contributed by atoms with Gasteiger partial charge in [-0.1, -0.05) is 36.4 Å². The van der Waals surface area contributed by atoms with Crippen LogP contribution in [0.2, 0.25) is 0 Å². The molecule has 0 saturated carbocycles. The van der Waals surface area contributed by atoms with Crippen LogP contribution >= 0.6 is 0 Å². The molecular formula is C19H24N2O2S. The molecule has 5 heteroatoms. The predicted octanol–water partition coefficient (Wildman–Crippen LogP) is 2.58. The Kier molecular flexibility index (Phi) is 5.04. The number of rotatable bonds is 5. The second-order valence-electron chi connectivity index (χ2n) is 6.52. The Morgan fingerprint density at radius 3 is 2.38 bits per heavy atom. The van der Waals surface area contributed by atoms with Crippen molar-refractivity contribution in [1.29, 1.82) is 0 Å². The number of nitrogens with one attached hydrogen (secondary N) is 1. The van der Waals surface area contributed by atoms with Gasteiger partial charge in [0, 0.05) is 26.7 Å². The first-order chi connectivity index (χ1) is 11.5. The van der Waals surface area contributed by atoms with Gasteiger partial charge in [-0.3, -0.25) is 0 Å². The molecule has 2 aromatic rings. The molecule has 0 aromatic heterocycles. The zero-order chi connectivity index (χ0) is 17.2. The zero-order valence-corrected chi connectivity index (χ0v) is 15.0. The van der Waals surface area contributed by atoms with E-state index in [1.165, 1.54) is 15.4 Å². The van der Waals surface area contributed by atoms with Crippen molar-refractivity contribution in [2.75, 3.05) is 14.1 Å². The van der Waals surface area contributed by atoms with Gasteiger partial charge in [0.25, 0.3) is 0 Å². The molecule has 0 heterocycles. The van der Waals surface area contributed by atoms with Gasteiger partial charge in [0.2, 0.25) is 10.0 Å². The summed E-state index contributed by atoms with van der Waals surface area (Å²) < 4.78 is 25.4. The summed E-state index contributed by atoms with van der Waals surface area (Å²) in [5.41, 5.74) is 4.01. The molecule has 1 atom stereocenters. The minimum atomic E-state index is -3.35. The summed E-state index contributed by atoms with van der Waals surface area (Å²) in [7, 11) is -0.255. The lowest BCUT2D eigenvalue weighted by Gasteiger charge is -2.25. The van der Waals surface area contributed by atoms with Gasteiger partial charge in [-0.15, -0.1) is 0 Å². The molecule has 0 amide bonds. The van der Waals surface area contributed by atoms with Crippen molar-refractivity contribution in [2.45, 2.75) is 36.7 Å². The monoisotopic (exact) mass is 344 g/mol. The van der Waals surface area contributed by atoms with Gasteiger partial charge < -0.3 is 5.32 Å². The van der Waals surface area contributed by atoms with Crippen LogP contribution in [0.25, 0.3) is 0 Å². The van der Waals surface area contributed by atoms with Crippen molar-refractivity contribution in [3.63, 3.8) is 0 Å². The van der Waals surface area contributed by atoms with Crippen molar-refractivity contribution < 1.29 is 8.42 Å². The standard InChI is InChI=1S/C19H24N2O2S/c1-21(2)24(22,23)19-11-7-15(8-12-19)14-20-18-10-9-16-5-3-4-6-17(16)13-18/h3-8,11-12,18,20H,9-10,13-14H2,1-2H3. The Hall–Kier alpha value is -1.69. The SMILES string of the molecule is CN(C)S(=O)(=O)c1ccc(CNC2CCc3ccccc3C2)cc1. The number of hydrogen-bond acceptors (Lipinski definition) is 3. The van der Waals surface area contributed by atoms with E-state index in [9.17, 15) is 8.42 Å². The molecule has 24 heavy (non-hydrogen) atoms. The normalized spacial score (nSPS) is 17.7. The van der Waals surface area contributed by atoms with Gasteiger partial charge in [-0.25, -0.2) is 12.7 Å². The fourth-order valence-electron chi connectivity index (χ4n) is 3.12. The number of nitrogens with zero attached hydrogens (tertiary/aromatic N) is 1. The largest absolute Gasteiger partial charge is 0.310 e. The van der Waals surface area contributed by atoms with Gasteiger partial charge in [0.15, 0.2) is 0 Å². The van der Waals surface area contributed by atoms with E-state index in [4.69, 9.17) is 0 Å². The molecule has 4 nitrogen and oxygen atoms in total. The first kappa shape index (κ1) is 17.1. The maximum atomic E-state index is 12.1. The van der Waals surface area contributed by atoms with Crippen molar-refractivity contribution >= 4 is 10.0 Å². The summed E-state index contributed by atoms with van der Waals surface area (Å²) in [5, 5.41) is 3.60. The van der Waals surface area contributed by atoms with Crippen LogP contribution in [-0.2, 0) is 29.4 Å². The highest BCUT2D eigenvalue weighted by atomic mass is 32.2. The molecule has 0 bridgehead atoms. The highest BCUT2D eigenvalue weighted by Crippen LogP contribution is 2.21. The van der Waals surface area contributed by atoms with E-state index in [0.29, 0.717) is 10.9 Å². The highest BCUT2D eigenvalue weighted by Gasteiger charge is 2.18. The molecule has 128 valence electrons. The molecule has 0 fully saturated rings. The second-order valence-corrected chi connectivity index (χ2v) is 8.67. The smallest absolute Gasteiger partial charge is 0.242 e. The summed E-state index contributed by atoms with van der Waals surface area (Å²) in [4.78, 5) is 0.336. The average molecular weight is 344 g/mol. The third-order valence-electron chi connectivity index (χ3n) is 4.64. The van der Waals surface area contributed by atoms with E-state index in [-0.39, 0.29) is 0 Å². The highest BCUT2D eigenvalue weighted by molar-refractivity contribution is 7.89. The quantitative estimate of drug-likeness (QED) is 0.907. The number of sulfonamides is 1. The van der Waals surface area contributed by atoms with Crippen LogP contribution in [0.1, 0.15) is 23.1 Å². The number of fused-ring (bicyclic) bond motifs is 1. The number of aryl methyl sites for hydroxylation is 1. The van der Waals surface area contributed by atoms with Gasteiger partial charge in [0.1, 0.15) is 0 Å². The van der Waals surface area contributed by atoms with Crippen molar-refractivity contribution in [3.8, 4) is 0 Å². The molecule has 1 N–H and O–H groups in total. The Morgan fingerprint density at radius 1 is 1.04 bits per heavy atom. The van der Waals surface area contributed by atoms with Gasteiger partial charge in [-0.2, -0.15) is 0 Å². The van der Waals surface area contributed by atoms with Crippen molar-refractivity contribution in [3.05, 3.63) is 65.2 Å². The zero-order valence-electron chi connectivity index (χ0n) is 14.2. The van der Waals surface area contributed by atoms with E-state index in [2.05, 4.69) is 29.6 Å². The van der Waals surface area contributed by atoms with Crippen LogP contribution in [0.5, 0.6) is 0 Å². The third kappa shape index (κ3) is 3.69. The van der Waals surface area contributed by atoms with Crippen LogP contribution in [0.3, 0.4) is 0 Å². The second kappa shape index (κ2) is 7.05. The Bertz CT molecular complexity index is 798. The van der Waals surface area contributed by atoms with Crippen LogP contribution in [0, 0.1) is 0 Å². The number of hydrogen-bond donors (Lipinski definition) is 1. The summed E-state index contributed by atoms with van der Waals surface area (Å²) >= 11 is 0. The van der Waals surface area contributed by atoms with Crippen LogP contribution in [-0.4, -0.2) is 32.9 Å². The average Bonchev–Trinajstić information content (AvgIpc) is 2.60. The van der Waals surface area contributed by atoms with Crippen LogP contribution in [0.4, 0.5) is 0 Å². The minimum absolute atomic E-state index is 0.336. The molecule has 0 spiro atoms. The first-order valence-corrected chi connectivity index (χ1v) is 9.72. The lowest BCUT2D eigenvalue weighted by Crippen LogP contribution is -2.34. The van der Waals surface area contributed by atoms with Gasteiger partial charge >= 0.3 is 0 Å². The van der Waals surface area contributed by atoms with Crippen LogP contribution < -0.4 is 5.32 Å². The maximum absolute atomic E-state index is 12.1. The molecule has 2 aromatic carbocycles. The van der Waals surface area contributed by atoms with Gasteiger partial charge in [0.05, 0.1) is 4.90 Å². The van der Waals surface area contributed by atoms with E-state index in [1.54, 1.807) is 26.2 Å². The van der Waals surface area contributed by atoms with E-state index >= 15 is 0 Å². The van der Waals surface area contributed by atoms with E-state index in [1.807, 2.05) is 12.1 Å². The molecule has 0 radical (unpaired) electrons. The van der Waals surface area contributed by atoms with Crippen molar-refractivity contribution in [1.82, 2.24) is 9.62 Å². The fraction of sp³-hybridized carbons (Fsp3) is 0.368. The predicted molar refractivity (Wildman–Crippen MR) is 96.4 cm³/mol. The number of benzene rings is 2. The topological polar surface area (TPSA) is 49.4 Å². The molecule has 0 aliphatic heterocycles. The molecular weight excluding hydrogens is 320 g/mol. The molecule has 3 rings (SSSR count). The third-order valence-corrected chi connectivity index (χ3v) is 6.47. The summed E-state index contributed by atoms with van der Waals surface area (Å²) in [6, 6.07) is 16.3. The Morgan fingerprint density at radius 2 is 1.71 bits per heavy atom. The summed E-state index contributed by atoms with van der Waals surface area (Å²) in [6.45, 7) is 0.759. The lowest BCUT2D eigenvalue weighted by atomic mass is 9.88. The van der Waals surface area contributed by atoms with Crippen molar-refractivity contribution in [2.24, 2.45) is 0 Å².